The minimum atomic E-state index is -0.499. The van der Waals surface area contributed by atoms with Gasteiger partial charge in [0.05, 0.1) is 5.54 Å². The van der Waals surface area contributed by atoms with Crippen molar-refractivity contribution in [1.82, 2.24) is 0 Å². The third-order valence-corrected chi connectivity index (χ3v) is 3.17. The lowest BCUT2D eigenvalue weighted by atomic mass is 9.77. The van der Waals surface area contributed by atoms with E-state index in [2.05, 4.69) is 25.1 Å². The van der Waals surface area contributed by atoms with Crippen LogP contribution in [0.25, 0.3) is 5.57 Å². The molecule has 1 aliphatic carbocycles. The van der Waals surface area contributed by atoms with Gasteiger partial charge in [-0.2, -0.15) is 0 Å². The smallest absolute Gasteiger partial charge is 0.0576 e. The van der Waals surface area contributed by atoms with Crippen LogP contribution in [0.5, 0.6) is 0 Å². The highest BCUT2D eigenvalue weighted by atomic mass is 14.8. The molecule has 0 aromatic heterocycles. The van der Waals surface area contributed by atoms with Gasteiger partial charge in [-0.05, 0) is 25.0 Å². The first-order valence-electron chi connectivity index (χ1n) is 5.52. The summed E-state index contributed by atoms with van der Waals surface area (Å²) in [5.41, 5.74) is 15.3. The van der Waals surface area contributed by atoms with Gasteiger partial charge in [0.15, 0.2) is 0 Å². The van der Waals surface area contributed by atoms with Gasteiger partial charge >= 0.3 is 0 Å². The van der Waals surface area contributed by atoms with E-state index in [0.717, 1.165) is 11.1 Å². The van der Waals surface area contributed by atoms with Gasteiger partial charge in [0, 0.05) is 6.04 Å². The Balaban J connectivity index is 2.51. The molecule has 84 valence electrons. The summed E-state index contributed by atoms with van der Waals surface area (Å²) in [6.07, 6.45) is 4.14. The first kappa shape index (κ1) is 11.1. The summed E-state index contributed by atoms with van der Waals surface area (Å²) in [6.45, 7) is 4.04. The normalized spacial score (nSPS) is 29.6. The van der Waals surface area contributed by atoms with Crippen molar-refractivity contribution >= 4 is 5.57 Å². The fraction of sp³-hybridized carbons (Fsp3) is 0.286. The van der Waals surface area contributed by atoms with Crippen molar-refractivity contribution in [2.75, 3.05) is 0 Å². The summed E-state index contributed by atoms with van der Waals surface area (Å²) in [4.78, 5) is 0. The zero-order valence-electron chi connectivity index (χ0n) is 9.77. The zero-order chi connectivity index (χ0) is 11.8. The molecule has 0 radical (unpaired) electrons. The Morgan fingerprint density at radius 1 is 1.19 bits per heavy atom. The Morgan fingerprint density at radius 2 is 1.81 bits per heavy atom. The summed E-state index contributed by atoms with van der Waals surface area (Å²) < 4.78 is 0. The molecule has 0 spiro atoms. The number of rotatable bonds is 1. The predicted molar refractivity (Wildman–Crippen MR) is 68.7 cm³/mol. The highest BCUT2D eigenvalue weighted by Gasteiger charge is 2.33. The van der Waals surface area contributed by atoms with Crippen molar-refractivity contribution in [3.63, 3.8) is 0 Å². The van der Waals surface area contributed by atoms with E-state index in [9.17, 15) is 0 Å². The van der Waals surface area contributed by atoms with E-state index in [1.54, 1.807) is 0 Å². The van der Waals surface area contributed by atoms with Gasteiger partial charge in [0.2, 0.25) is 0 Å². The summed E-state index contributed by atoms with van der Waals surface area (Å²) in [6, 6.07) is 10.1. The second-order valence-corrected chi connectivity index (χ2v) is 4.64. The van der Waals surface area contributed by atoms with Crippen molar-refractivity contribution in [1.29, 1.82) is 0 Å². The van der Waals surface area contributed by atoms with Gasteiger partial charge < -0.3 is 11.5 Å². The number of hydrogen-bond donors (Lipinski definition) is 2. The average molecular weight is 214 g/mol. The maximum Gasteiger partial charge on any atom is 0.0576 e. The standard InChI is InChI=1S/C14H18N2/c1-10-8-12(11-6-4-3-5-7-11)14(2,16)13(15)9-10/h3-9,13H,15-16H2,1-2H3. The van der Waals surface area contributed by atoms with Crippen LogP contribution in [0.4, 0.5) is 0 Å². The first-order chi connectivity index (χ1) is 7.51. The second kappa shape index (κ2) is 3.89. The summed E-state index contributed by atoms with van der Waals surface area (Å²) >= 11 is 0. The van der Waals surface area contributed by atoms with Gasteiger partial charge in [-0.3, -0.25) is 0 Å². The monoisotopic (exact) mass is 214 g/mol. The molecule has 1 aromatic rings. The number of hydrogen-bond acceptors (Lipinski definition) is 2. The van der Waals surface area contributed by atoms with Crippen LogP contribution >= 0.6 is 0 Å². The quantitative estimate of drug-likeness (QED) is 0.752. The van der Waals surface area contributed by atoms with Gasteiger partial charge in [0.1, 0.15) is 0 Å². The van der Waals surface area contributed by atoms with Gasteiger partial charge in [0.25, 0.3) is 0 Å². The fourth-order valence-electron chi connectivity index (χ4n) is 2.08. The molecule has 0 amide bonds. The predicted octanol–water partition coefficient (Wildman–Crippen LogP) is 2.07. The molecule has 16 heavy (non-hydrogen) atoms. The molecular weight excluding hydrogens is 196 g/mol. The Hall–Kier alpha value is -1.38. The highest BCUT2D eigenvalue weighted by molar-refractivity contribution is 5.77. The molecule has 0 bridgehead atoms. The maximum atomic E-state index is 6.32. The van der Waals surface area contributed by atoms with Crippen LogP contribution in [0.3, 0.4) is 0 Å². The minimum Gasteiger partial charge on any atom is -0.323 e. The molecule has 4 N–H and O–H groups in total. The summed E-state index contributed by atoms with van der Waals surface area (Å²) in [7, 11) is 0. The first-order valence-corrected chi connectivity index (χ1v) is 5.52. The Morgan fingerprint density at radius 3 is 2.44 bits per heavy atom. The molecule has 2 heteroatoms. The molecule has 2 atom stereocenters. The van der Waals surface area contributed by atoms with E-state index < -0.39 is 5.54 Å². The second-order valence-electron chi connectivity index (χ2n) is 4.64. The van der Waals surface area contributed by atoms with Crippen molar-refractivity contribution in [2.45, 2.75) is 25.4 Å². The number of benzene rings is 1. The lowest BCUT2D eigenvalue weighted by Gasteiger charge is -2.36. The molecule has 1 aliphatic rings. The maximum absolute atomic E-state index is 6.32. The van der Waals surface area contributed by atoms with Crippen LogP contribution in [0.15, 0.2) is 48.1 Å². The van der Waals surface area contributed by atoms with E-state index in [1.165, 1.54) is 5.57 Å². The fourth-order valence-corrected chi connectivity index (χ4v) is 2.08. The molecule has 0 fully saturated rings. The molecule has 0 saturated carbocycles. The van der Waals surface area contributed by atoms with Gasteiger partial charge in [-0.15, -0.1) is 0 Å². The van der Waals surface area contributed by atoms with E-state index in [0.29, 0.717) is 0 Å². The lowest BCUT2D eigenvalue weighted by molar-refractivity contribution is 0.529. The van der Waals surface area contributed by atoms with E-state index in [-0.39, 0.29) is 6.04 Å². The molecule has 1 aromatic carbocycles. The minimum absolute atomic E-state index is 0.132. The molecule has 0 heterocycles. The number of allylic oxidation sites excluding steroid dienone is 2. The highest BCUT2D eigenvalue weighted by Crippen LogP contribution is 2.32. The van der Waals surface area contributed by atoms with E-state index in [4.69, 9.17) is 11.5 Å². The largest absolute Gasteiger partial charge is 0.323 e. The van der Waals surface area contributed by atoms with E-state index in [1.807, 2.05) is 31.2 Å². The third-order valence-electron chi connectivity index (χ3n) is 3.17. The Kier molecular flexibility index (Phi) is 2.70. The van der Waals surface area contributed by atoms with Crippen LogP contribution in [-0.4, -0.2) is 11.6 Å². The Labute approximate surface area is 96.6 Å². The SMILES string of the molecule is CC1=CC(N)C(C)(N)C(c2ccccc2)=C1. The van der Waals surface area contributed by atoms with Crippen molar-refractivity contribution in [2.24, 2.45) is 11.5 Å². The third kappa shape index (κ3) is 1.82. The molecule has 2 unspecified atom stereocenters. The topological polar surface area (TPSA) is 52.0 Å². The summed E-state index contributed by atoms with van der Waals surface area (Å²) in [5, 5.41) is 0. The van der Waals surface area contributed by atoms with Crippen LogP contribution < -0.4 is 11.5 Å². The molecular formula is C14H18N2. The average Bonchev–Trinajstić information content (AvgIpc) is 2.25. The summed E-state index contributed by atoms with van der Waals surface area (Å²) in [5.74, 6) is 0. The van der Waals surface area contributed by atoms with Crippen LogP contribution in [0.1, 0.15) is 19.4 Å². The lowest BCUT2D eigenvalue weighted by Crippen LogP contribution is -2.53. The van der Waals surface area contributed by atoms with Crippen LogP contribution in [0.2, 0.25) is 0 Å². The molecule has 2 nitrogen and oxygen atoms in total. The van der Waals surface area contributed by atoms with Crippen molar-refractivity contribution in [3.8, 4) is 0 Å². The van der Waals surface area contributed by atoms with Crippen molar-refractivity contribution in [3.05, 3.63) is 53.6 Å². The van der Waals surface area contributed by atoms with Crippen molar-refractivity contribution < 1.29 is 0 Å². The van der Waals surface area contributed by atoms with Gasteiger partial charge in [-0.25, -0.2) is 0 Å². The zero-order valence-corrected chi connectivity index (χ0v) is 9.77. The Bertz CT molecular complexity index is 441. The molecule has 0 aliphatic heterocycles. The van der Waals surface area contributed by atoms with Crippen LogP contribution in [-0.2, 0) is 0 Å². The molecule has 2 rings (SSSR count). The van der Waals surface area contributed by atoms with E-state index >= 15 is 0 Å². The molecule has 0 saturated heterocycles. The number of nitrogens with two attached hydrogens (primary N) is 2. The van der Waals surface area contributed by atoms with Crippen LogP contribution in [0, 0.1) is 0 Å². The van der Waals surface area contributed by atoms with Gasteiger partial charge in [-0.1, -0.05) is 48.1 Å².